The van der Waals surface area contributed by atoms with Gasteiger partial charge in [0.15, 0.2) is 0 Å². The van der Waals surface area contributed by atoms with Crippen molar-refractivity contribution < 1.29 is 4.74 Å². The molecule has 4 heteroatoms. The van der Waals surface area contributed by atoms with Crippen LogP contribution in [0.5, 0.6) is 5.75 Å². The number of nitrogens with zero attached hydrogens (tertiary/aromatic N) is 1. The molecule has 1 fully saturated rings. The number of nitrogens with one attached hydrogen (secondary N) is 1. The van der Waals surface area contributed by atoms with Gasteiger partial charge in [-0.3, -0.25) is 4.90 Å². The maximum atomic E-state index is 6.34. The molecule has 2 aromatic rings. The van der Waals surface area contributed by atoms with Gasteiger partial charge in [0.05, 0.1) is 13.2 Å². The lowest BCUT2D eigenvalue weighted by molar-refractivity contribution is 0.236. The predicted molar refractivity (Wildman–Crippen MR) is 105 cm³/mol. The SMILES string of the molecule is CCc1ccc(C(c2cc(Cl)ccc2OC)N2CCCNCC2)cc1. The summed E-state index contributed by atoms with van der Waals surface area (Å²) in [5.41, 5.74) is 3.79. The molecule has 1 unspecified atom stereocenters. The number of ether oxygens (including phenoxy) is 1. The van der Waals surface area contributed by atoms with Crippen LogP contribution in [-0.2, 0) is 6.42 Å². The standard InChI is InChI=1S/C21H27ClN2O/c1-3-16-5-7-17(8-6-16)21(24-13-4-11-23-12-14-24)19-15-18(22)9-10-20(19)25-2/h5-10,15,21,23H,3-4,11-14H2,1-2H3. The van der Waals surface area contributed by atoms with Gasteiger partial charge in [-0.2, -0.15) is 0 Å². The van der Waals surface area contributed by atoms with Crippen molar-refractivity contribution >= 4 is 11.6 Å². The zero-order chi connectivity index (χ0) is 17.6. The van der Waals surface area contributed by atoms with Crippen LogP contribution in [0.25, 0.3) is 0 Å². The van der Waals surface area contributed by atoms with Crippen LogP contribution in [0.3, 0.4) is 0 Å². The Morgan fingerprint density at radius 2 is 1.92 bits per heavy atom. The maximum absolute atomic E-state index is 6.34. The summed E-state index contributed by atoms with van der Waals surface area (Å²) >= 11 is 6.34. The van der Waals surface area contributed by atoms with Crippen LogP contribution in [0.4, 0.5) is 0 Å². The molecule has 1 aliphatic rings. The minimum atomic E-state index is 0.152. The van der Waals surface area contributed by atoms with E-state index in [4.69, 9.17) is 16.3 Å². The highest BCUT2D eigenvalue weighted by atomic mass is 35.5. The molecule has 2 aromatic carbocycles. The fourth-order valence-corrected chi connectivity index (χ4v) is 3.75. The van der Waals surface area contributed by atoms with Crippen LogP contribution >= 0.6 is 11.6 Å². The molecule has 1 aliphatic heterocycles. The van der Waals surface area contributed by atoms with Gasteiger partial charge in [0, 0.05) is 30.2 Å². The van der Waals surface area contributed by atoms with Crippen molar-refractivity contribution in [3.63, 3.8) is 0 Å². The van der Waals surface area contributed by atoms with E-state index in [-0.39, 0.29) is 6.04 Å². The highest BCUT2D eigenvalue weighted by Gasteiger charge is 2.26. The molecule has 0 bridgehead atoms. The molecular weight excluding hydrogens is 332 g/mol. The van der Waals surface area contributed by atoms with Gasteiger partial charge >= 0.3 is 0 Å². The first-order valence-corrected chi connectivity index (χ1v) is 9.47. The molecule has 0 saturated carbocycles. The molecule has 0 aromatic heterocycles. The first-order chi connectivity index (χ1) is 12.2. The Kier molecular flexibility index (Phi) is 6.35. The molecular formula is C21H27ClN2O. The maximum Gasteiger partial charge on any atom is 0.124 e. The molecule has 1 saturated heterocycles. The smallest absolute Gasteiger partial charge is 0.124 e. The summed E-state index contributed by atoms with van der Waals surface area (Å²) in [6.45, 7) is 6.34. The number of aryl methyl sites for hydroxylation is 1. The molecule has 0 aliphatic carbocycles. The predicted octanol–water partition coefficient (Wildman–Crippen LogP) is 4.30. The van der Waals surface area contributed by atoms with Crippen LogP contribution in [0.2, 0.25) is 5.02 Å². The molecule has 1 N–H and O–H groups in total. The van der Waals surface area contributed by atoms with E-state index in [0.717, 1.165) is 55.4 Å². The molecule has 0 radical (unpaired) electrons. The number of rotatable bonds is 5. The molecule has 0 amide bonds. The van der Waals surface area contributed by atoms with Crippen molar-refractivity contribution in [2.45, 2.75) is 25.8 Å². The normalized spacial score (nSPS) is 17.1. The lowest BCUT2D eigenvalue weighted by atomic mass is 9.94. The Labute approximate surface area is 155 Å². The Bertz CT molecular complexity index is 679. The summed E-state index contributed by atoms with van der Waals surface area (Å²) in [5, 5.41) is 4.24. The number of benzene rings is 2. The number of methoxy groups -OCH3 is 1. The molecule has 134 valence electrons. The van der Waals surface area contributed by atoms with Gasteiger partial charge in [-0.15, -0.1) is 0 Å². The van der Waals surface area contributed by atoms with E-state index in [2.05, 4.69) is 47.5 Å². The van der Waals surface area contributed by atoms with Crippen molar-refractivity contribution in [1.29, 1.82) is 0 Å². The van der Waals surface area contributed by atoms with Gasteiger partial charge in [-0.25, -0.2) is 0 Å². The molecule has 1 atom stereocenters. The van der Waals surface area contributed by atoms with Crippen LogP contribution in [0.1, 0.15) is 36.1 Å². The number of hydrogen-bond acceptors (Lipinski definition) is 3. The number of hydrogen-bond donors (Lipinski definition) is 1. The largest absolute Gasteiger partial charge is 0.496 e. The van der Waals surface area contributed by atoms with E-state index >= 15 is 0 Å². The fraction of sp³-hybridized carbons (Fsp3) is 0.429. The lowest BCUT2D eigenvalue weighted by Crippen LogP contribution is -2.33. The van der Waals surface area contributed by atoms with E-state index < -0.39 is 0 Å². The second kappa shape index (κ2) is 8.70. The van der Waals surface area contributed by atoms with Crippen LogP contribution in [0, 0.1) is 0 Å². The second-order valence-corrected chi connectivity index (χ2v) is 6.96. The topological polar surface area (TPSA) is 24.5 Å². The molecule has 3 rings (SSSR count). The first kappa shape index (κ1) is 18.2. The summed E-state index contributed by atoms with van der Waals surface area (Å²) in [4.78, 5) is 2.54. The molecule has 0 spiro atoms. The lowest BCUT2D eigenvalue weighted by Gasteiger charge is -2.32. The Morgan fingerprint density at radius 3 is 2.64 bits per heavy atom. The van der Waals surface area contributed by atoms with Gasteiger partial charge < -0.3 is 10.1 Å². The van der Waals surface area contributed by atoms with Gasteiger partial charge in [-0.05, 0) is 48.7 Å². The van der Waals surface area contributed by atoms with E-state index in [1.807, 2.05) is 12.1 Å². The van der Waals surface area contributed by atoms with Crippen molar-refractivity contribution in [1.82, 2.24) is 10.2 Å². The summed E-state index contributed by atoms with van der Waals surface area (Å²) in [7, 11) is 1.73. The minimum Gasteiger partial charge on any atom is -0.496 e. The summed E-state index contributed by atoms with van der Waals surface area (Å²) < 4.78 is 5.67. The average molecular weight is 359 g/mol. The van der Waals surface area contributed by atoms with Crippen LogP contribution in [0.15, 0.2) is 42.5 Å². The van der Waals surface area contributed by atoms with E-state index in [1.54, 1.807) is 7.11 Å². The first-order valence-electron chi connectivity index (χ1n) is 9.10. The minimum absolute atomic E-state index is 0.152. The zero-order valence-electron chi connectivity index (χ0n) is 15.1. The van der Waals surface area contributed by atoms with Gasteiger partial charge in [-0.1, -0.05) is 42.8 Å². The molecule has 3 nitrogen and oxygen atoms in total. The molecule has 25 heavy (non-hydrogen) atoms. The third kappa shape index (κ3) is 4.35. The Morgan fingerprint density at radius 1 is 1.12 bits per heavy atom. The second-order valence-electron chi connectivity index (χ2n) is 6.52. The Hall–Kier alpha value is -1.55. The van der Waals surface area contributed by atoms with Crippen molar-refractivity contribution in [2.75, 3.05) is 33.3 Å². The summed E-state index contributed by atoms with van der Waals surface area (Å²) in [6.07, 6.45) is 2.20. The van der Waals surface area contributed by atoms with Gasteiger partial charge in [0.25, 0.3) is 0 Å². The van der Waals surface area contributed by atoms with Crippen LogP contribution in [-0.4, -0.2) is 38.2 Å². The zero-order valence-corrected chi connectivity index (χ0v) is 15.9. The quantitative estimate of drug-likeness (QED) is 0.862. The third-order valence-corrected chi connectivity index (χ3v) is 5.16. The highest BCUT2D eigenvalue weighted by Crippen LogP contribution is 2.36. The van der Waals surface area contributed by atoms with Crippen molar-refractivity contribution in [2.24, 2.45) is 0 Å². The Balaban J connectivity index is 2.05. The monoisotopic (exact) mass is 358 g/mol. The molecule has 1 heterocycles. The third-order valence-electron chi connectivity index (χ3n) is 4.93. The fourth-order valence-electron chi connectivity index (χ4n) is 3.57. The van der Waals surface area contributed by atoms with E-state index in [9.17, 15) is 0 Å². The highest BCUT2D eigenvalue weighted by molar-refractivity contribution is 6.30. The summed E-state index contributed by atoms with van der Waals surface area (Å²) in [6, 6.07) is 15.0. The van der Waals surface area contributed by atoms with E-state index in [0.29, 0.717) is 0 Å². The van der Waals surface area contributed by atoms with Gasteiger partial charge in [0.1, 0.15) is 5.75 Å². The van der Waals surface area contributed by atoms with Crippen molar-refractivity contribution in [3.05, 3.63) is 64.2 Å². The summed E-state index contributed by atoms with van der Waals surface area (Å²) in [5.74, 6) is 0.895. The average Bonchev–Trinajstić information content (AvgIpc) is 2.92. The number of halogens is 1. The van der Waals surface area contributed by atoms with Crippen molar-refractivity contribution in [3.8, 4) is 5.75 Å². The van der Waals surface area contributed by atoms with Gasteiger partial charge in [0.2, 0.25) is 0 Å². The van der Waals surface area contributed by atoms with E-state index in [1.165, 1.54) is 11.1 Å². The van der Waals surface area contributed by atoms with Crippen LogP contribution < -0.4 is 10.1 Å².